The van der Waals surface area contributed by atoms with Gasteiger partial charge in [-0.25, -0.2) is 0 Å². The van der Waals surface area contributed by atoms with Crippen molar-refractivity contribution in [3.8, 4) is 11.5 Å². The summed E-state index contributed by atoms with van der Waals surface area (Å²) in [5.41, 5.74) is 2.30. The third-order valence-electron chi connectivity index (χ3n) is 2.21. The van der Waals surface area contributed by atoms with E-state index in [1.54, 1.807) is 0 Å². The summed E-state index contributed by atoms with van der Waals surface area (Å²) in [4.78, 5) is 0. The molecule has 0 fully saturated rings. The standard InChI is InChI=1S/C11H13O2/c1-3-4-9-6-11-10(5-8(9)2)12-7-13-11/h5-6H,2-4,7H2,1H3. The Kier molecular flexibility index (Phi) is 2.13. The molecule has 0 saturated heterocycles. The fourth-order valence-electron chi connectivity index (χ4n) is 1.53. The average molecular weight is 177 g/mol. The molecule has 0 aromatic heterocycles. The van der Waals surface area contributed by atoms with E-state index in [-0.39, 0.29) is 0 Å². The topological polar surface area (TPSA) is 18.5 Å². The summed E-state index contributed by atoms with van der Waals surface area (Å²) in [6.45, 7) is 6.48. The van der Waals surface area contributed by atoms with Gasteiger partial charge >= 0.3 is 0 Å². The molecule has 69 valence electrons. The largest absolute Gasteiger partial charge is 0.454 e. The van der Waals surface area contributed by atoms with E-state index in [9.17, 15) is 0 Å². The molecule has 0 aliphatic carbocycles. The van der Waals surface area contributed by atoms with Crippen LogP contribution in [0.4, 0.5) is 0 Å². The molecule has 1 radical (unpaired) electrons. The Balaban J connectivity index is 2.37. The van der Waals surface area contributed by atoms with Gasteiger partial charge in [0.25, 0.3) is 0 Å². The highest BCUT2D eigenvalue weighted by atomic mass is 16.7. The van der Waals surface area contributed by atoms with Gasteiger partial charge in [-0.3, -0.25) is 0 Å². The van der Waals surface area contributed by atoms with Crippen LogP contribution in [0.3, 0.4) is 0 Å². The smallest absolute Gasteiger partial charge is 0.231 e. The summed E-state index contributed by atoms with van der Waals surface area (Å²) in [5.74, 6) is 1.68. The molecule has 1 aromatic carbocycles. The van der Waals surface area contributed by atoms with E-state index in [2.05, 4.69) is 13.8 Å². The molecule has 13 heavy (non-hydrogen) atoms. The highest BCUT2D eigenvalue weighted by Gasteiger charge is 2.14. The lowest BCUT2D eigenvalue weighted by Gasteiger charge is -2.05. The highest BCUT2D eigenvalue weighted by Crippen LogP contribution is 2.34. The molecular weight excluding hydrogens is 164 g/mol. The number of rotatable bonds is 2. The first-order valence-electron chi connectivity index (χ1n) is 4.55. The molecule has 2 nitrogen and oxygen atoms in total. The van der Waals surface area contributed by atoms with Crippen molar-refractivity contribution in [3.05, 3.63) is 30.2 Å². The summed E-state index contributed by atoms with van der Waals surface area (Å²) in [5, 5.41) is 0. The third kappa shape index (κ3) is 1.48. The molecule has 0 amide bonds. The van der Waals surface area contributed by atoms with E-state index in [0.717, 1.165) is 29.9 Å². The maximum absolute atomic E-state index is 5.29. The van der Waals surface area contributed by atoms with Crippen LogP contribution in [-0.4, -0.2) is 6.79 Å². The van der Waals surface area contributed by atoms with Gasteiger partial charge in [0.2, 0.25) is 6.79 Å². The van der Waals surface area contributed by atoms with E-state index < -0.39 is 0 Å². The maximum Gasteiger partial charge on any atom is 0.231 e. The van der Waals surface area contributed by atoms with Crippen LogP contribution >= 0.6 is 0 Å². The predicted octanol–water partition coefficient (Wildman–Crippen LogP) is 2.55. The second kappa shape index (κ2) is 3.29. The van der Waals surface area contributed by atoms with Crippen molar-refractivity contribution < 1.29 is 9.47 Å². The Morgan fingerprint density at radius 1 is 1.31 bits per heavy atom. The van der Waals surface area contributed by atoms with E-state index in [1.807, 2.05) is 12.1 Å². The van der Waals surface area contributed by atoms with Gasteiger partial charge in [0.1, 0.15) is 0 Å². The average Bonchev–Trinajstić information content (AvgIpc) is 2.52. The summed E-state index contributed by atoms with van der Waals surface area (Å²) in [6.07, 6.45) is 2.18. The van der Waals surface area contributed by atoms with Crippen LogP contribution in [0.5, 0.6) is 11.5 Å². The molecule has 1 aliphatic heterocycles. The quantitative estimate of drug-likeness (QED) is 0.691. The first kappa shape index (κ1) is 8.42. The SMILES string of the molecule is [CH2]c1cc2c(cc1CCC)OCO2. The Morgan fingerprint density at radius 2 is 2.00 bits per heavy atom. The molecule has 1 aromatic rings. The second-order valence-electron chi connectivity index (χ2n) is 3.22. The molecule has 1 heterocycles. The molecule has 1 aliphatic rings. The molecule has 0 spiro atoms. The van der Waals surface area contributed by atoms with Crippen molar-refractivity contribution in [1.82, 2.24) is 0 Å². The number of aryl methyl sites for hydroxylation is 1. The van der Waals surface area contributed by atoms with Gasteiger partial charge in [-0.1, -0.05) is 13.3 Å². The van der Waals surface area contributed by atoms with Gasteiger partial charge in [0, 0.05) is 0 Å². The summed E-state index contributed by atoms with van der Waals surface area (Å²) < 4.78 is 10.5. The van der Waals surface area contributed by atoms with Crippen LogP contribution in [0.2, 0.25) is 0 Å². The number of hydrogen-bond donors (Lipinski definition) is 0. The van der Waals surface area contributed by atoms with Gasteiger partial charge in [0.15, 0.2) is 11.5 Å². The maximum atomic E-state index is 5.29. The van der Waals surface area contributed by atoms with E-state index in [1.165, 1.54) is 5.56 Å². The zero-order chi connectivity index (χ0) is 9.26. The Bertz CT molecular complexity index is 318. The predicted molar refractivity (Wildman–Crippen MR) is 51.0 cm³/mol. The zero-order valence-electron chi connectivity index (χ0n) is 7.80. The monoisotopic (exact) mass is 177 g/mol. The zero-order valence-corrected chi connectivity index (χ0v) is 7.80. The molecule has 2 rings (SSSR count). The lowest BCUT2D eigenvalue weighted by molar-refractivity contribution is 0.174. The fraction of sp³-hybridized carbons (Fsp3) is 0.364. The minimum absolute atomic E-state index is 0.338. The fourth-order valence-corrected chi connectivity index (χ4v) is 1.53. The summed E-state index contributed by atoms with van der Waals surface area (Å²) in [6, 6.07) is 3.99. The first-order chi connectivity index (χ1) is 6.31. The number of fused-ring (bicyclic) bond motifs is 1. The Labute approximate surface area is 78.5 Å². The van der Waals surface area contributed by atoms with E-state index in [4.69, 9.17) is 9.47 Å². The molecule has 0 saturated carbocycles. The number of ether oxygens (including phenoxy) is 2. The van der Waals surface area contributed by atoms with Gasteiger partial charge in [-0.15, -0.1) is 0 Å². The van der Waals surface area contributed by atoms with Crippen molar-refractivity contribution in [1.29, 1.82) is 0 Å². The van der Waals surface area contributed by atoms with Crippen LogP contribution in [-0.2, 0) is 6.42 Å². The van der Waals surface area contributed by atoms with E-state index >= 15 is 0 Å². The minimum atomic E-state index is 0.338. The van der Waals surface area contributed by atoms with E-state index in [0.29, 0.717) is 6.79 Å². The van der Waals surface area contributed by atoms with Gasteiger partial charge < -0.3 is 9.47 Å². The molecule has 0 atom stereocenters. The van der Waals surface area contributed by atoms with Crippen LogP contribution in [0, 0.1) is 6.92 Å². The molecule has 2 heteroatoms. The van der Waals surface area contributed by atoms with Gasteiger partial charge in [0.05, 0.1) is 0 Å². The third-order valence-corrected chi connectivity index (χ3v) is 2.21. The lowest BCUT2D eigenvalue weighted by Crippen LogP contribution is -1.92. The van der Waals surface area contributed by atoms with Crippen LogP contribution in [0.1, 0.15) is 24.5 Å². The van der Waals surface area contributed by atoms with Gasteiger partial charge in [-0.05, 0) is 36.6 Å². The summed E-state index contributed by atoms with van der Waals surface area (Å²) >= 11 is 0. The molecule has 0 unspecified atom stereocenters. The normalized spacial score (nSPS) is 13.4. The van der Waals surface area contributed by atoms with Crippen LogP contribution < -0.4 is 9.47 Å². The van der Waals surface area contributed by atoms with Gasteiger partial charge in [-0.2, -0.15) is 0 Å². The van der Waals surface area contributed by atoms with Crippen molar-refractivity contribution in [3.63, 3.8) is 0 Å². The van der Waals surface area contributed by atoms with Crippen molar-refractivity contribution >= 4 is 0 Å². The highest BCUT2D eigenvalue weighted by molar-refractivity contribution is 5.49. The van der Waals surface area contributed by atoms with Crippen LogP contribution in [0.25, 0.3) is 0 Å². The first-order valence-corrected chi connectivity index (χ1v) is 4.55. The number of hydrogen-bond acceptors (Lipinski definition) is 2. The Morgan fingerprint density at radius 3 is 2.69 bits per heavy atom. The van der Waals surface area contributed by atoms with Crippen LogP contribution in [0.15, 0.2) is 12.1 Å². The van der Waals surface area contributed by atoms with Crippen molar-refractivity contribution in [2.24, 2.45) is 0 Å². The van der Waals surface area contributed by atoms with Crippen molar-refractivity contribution in [2.75, 3.05) is 6.79 Å². The molecule has 0 bridgehead atoms. The Hall–Kier alpha value is -1.18. The minimum Gasteiger partial charge on any atom is -0.454 e. The second-order valence-corrected chi connectivity index (χ2v) is 3.22. The molecular formula is C11H13O2. The lowest BCUT2D eigenvalue weighted by atomic mass is 10.0. The summed E-state index contributed by atoms with van der Waals surface area (Å²) in [7, 11) is 0. The van der Waals surface area contributed by atoms with Crippen molar-refractivity contribution in [2.45, 2.75) is 19.8 Å². The number of benzene rings is 1. The molecule has 0 N–H and O–H groups in total.